The van der Waals surface area contributed by atoms with Crippen molar-refractivity contribution in [3.05, 3.63) is 35.4 Å². The highest BCUT2D eigenvalue weighted by Gasteiger charge is 2.08. The number of ether oxygens (including phenoxy) is 1. The second kappa shape index (κ2) is 9.12. The molecule has 2 rings (SSSR count). The summed E-state index contributed by atoms with van der Waals surface area (Å²) in [5, 5.41) is 3.12. The fraction of sp³-hybridized carbons (Fsp3) is 0.500. The number of carbonyl (C=O) groups is 1. The van der Waals surface area contributed by atoms with Gasteiger partial charge in [-0.05, 0) is 30.7 Å². The number of rotatable bonds is 7. The van der Waals surface area contributed by atoms with E-state index in [0.717, 1.165) is 51.4 Å². The van der Waals surface area contributed by atoms with E-state index in [2.05, 4.69) is 15.2 Å². The number of aliphatic imine (C=N–C) groups is 1. The zero-order valence-electron chi connectivity index (χ0n) is 13.3. The summed E-state index contributed by atoms with van der Waals surface area (Å²) in [7, 11) is 0. The van der Waals surface area contributed by atoms with Crippen molar-refractivity contribution in [2.24, 2.45) is 16.5 Å². The summed E-state index contributed by atoms with van der Waals surface area (Å²) in [6.45, 7) is 5.97. The van der Waals surface area contributed by atoms with Gasteiger partial charge in [0.2, 0.25) is 5.91 Å². The zero-order chi connectivity index (χ0) is 16.5. The first-order valence-electron chi connectivity index (χ1n) is 7.88. The summed E-state index contributed by atoms with van der Waals surface area (Å²) >= 11 is 0. The number of nitrogens with one attached hydrogen (secondary N) is 1. The van der Waals surface area contributed by atoms with Crippen LogP contribution >= 0.6 is 0 Å². The molecule has 0 bridgehead atoms. The second-order valence-electron chi connectivity index (χ2n) is 5.50. The van der Waals surface area contributed by atoms with Crippen molar-refractivity contribution < 1.29 is 9.53 Å². The fourth-order valence-electron chi connectivity index (χ4n) is 2.35. The average Bonchev–Trinajstić information content (AvgIpc) is 2.58. The van der Waals surface area contributed by atoms with E-state index < -0.39 is 5.91 Å². The molecule has 126 valence electrons. The molecule has 1 saturated heterocycles. The molecule has 0 saturated carbocycles. The predicted molar refractivity (Wildman–Crippen MR) is 90.2 cm³/mol. The smallest absolute Gasteiger partial charge is 0.248 e. The zero-order valence-corrected chi connectivity index (χ0v) is 13.3. The number of nitrogens with zero attached hydrogens (tertiary/aromatic N) is 2. The standard InChI is InChI=1S/C16H25N5O2/c17-15(22)14-4-2-13(3-5-14)12-20-16(18)19-6-1-7-21-8-10-23-11-9-21/h2-5H,1,6-12H2,(H2,17,22)(H3,18,19,20). The van der Waals surface area contributed by atoms with Crippen molar-refractivity contribution in [3.8, 4) is 0 Å². The van der Waals surface area contributed by atoms with Crippen molar-refractivity contribution in [2.45, 2.75) is 13.0 Å². The first-order chi connectivity index (χ1) is 11.1. The van der Waals surface area contributed by atoms with Crippen LogP contribution in [-0.2, 0) is 11.3 Å². The summed E-state index contributed by atoms with van der Waals surface area (Å²) in [4.78, 5) is 17.7. The minimum Gasteiger partial charge on any atom is -0.379 e. The van der Waals surface area contributed by atoms with Crippen LogP contribution in [0.3, 0.4) is 0 Å². The Bertz CT molecular complexity index is 524. The van der Waals surface area contributed by atoms with Gasteiger partial charge in [-0.15, -0.1) is 0 Å². The molecular formula is C16H25N5O2. The van der Waals surface area contributed by atoms with Crippen molar-refractivity contribution in [3.63, 3.8) is 0 Å². The molecule has 5 N–H and O–H groups in total. The molecule has 0 aromatic heterocycles. The molecule has 23 heavy (non-hydrogen) atoms. The van der Waals surface area contributed by atoms with Gasteiger partial charge in [-0.25, -0.2) is 4.99 Å². The lowest BCUT2D eigenvalue weighted by Gasteiger charge is -2.26. The molecule has 1 aromatic rings. The molecule has 1 fully saturated rings. The highest BCUT2D eigenvalue weighted by molar-refractivity contribution is 5.92. The Morgan fingerprint density at radius 1 is 1.22 bits per heavy atom. The molecule has 0 radical (unpaired) electrons. The average molecular weight is 319 g/mol. The maximum absolute atomic E-state index is 11.0. The van der Waals surface area contributed by atoms with Crippen molar-refractivity contribution in [1.29, 1.82) is 0 Å². The van der Waals surface area contributed by atoms with E-state index in [1.54, 1.807) is 12.1 Å². The first-order valence-corrected chi connectivity index (χ1v) is 7.88. The van der Waals surface area contributed by atoms with Gasteiger partial charge in [0.25, 0.3) is 0 Å². The van der Waals surface area contributed by atoms with Crippen LogP contribution in [0, 0.1) is 0 Å². The number of primary amides is 1. The maximum Gasteiger partial charge on any atom is 0.248 e. The Balaban J connectivity index is 1.65. The van der Waals surface area contributed by atoms with E-state index >= 15 is 0 Å². The molecule has 0 unspecified atom stereocenters. The van der Waals surface area contributed by atoms with E-state index in [1.807, 2.05) is 12.1 Å². The number of morpholine rings is 1. The number of carbonyl (C=O) groups excluding carboxylic acids is 1. The number of nitrogens with two attached hydrogens (primary N) is 2. The second-order valence-corrected chi connectivity index (χ2v) is 5.50. The number of guanidine groups is 1. The number of hydrogen-bond donors (Lipinski definition) is 3. The van der Waals surface area contributed by atoms with Crippen molar-refractivity contribution in [2.75, 3.05) is 39.4 Å². The minimum atomic E-state index is -0.429. The lowest BCUT2D eigenvalue weighted by molar-refractivity contribution is 0.0376. The van der Waals surface area contributed by atoms with E-state index in [1.165, 1.54) is 0 Å². The van der Waals surface area contributed by atoms with Crippen molar-refractivity contribution in [1.82, 2.24) is 10.2 Å². The van der Waals surface area contributed by atoms with Crippen LogP contribution in [0.5, 0.6) is 0 Å². The first kappa shape index (κ1) is 17.2. The van der Waals surface area contributed by atoms with Crippen LogP contribution in [0.25, 0.3) is 0 Å². The van der Waals surface area contributed by atoms with E-state index in [0.29, 0.717) is 18.1 Å². The molecular weight excluding hydrogens is 294 g/mol. The van der Waals surface area contributed by atoms with Crippen molar-refractivity contribution >= 4 is 11.9 Å². The predicted octanol–water partition coefficient (Wildman–Crippen LogP) is -0.0879. The molecule has 1 aromatic carbocycles. The third kappa shape index (κ3) is 6.25. The molecule has 7 heteroatoms. The van der Waals surface area contributed by atoms with E-state index in [9.17, 15) is 4.79 Å². The van der Waals surface area contributed by atoms with Crippen LogP contribution in [0.1, 0.15) is 22.3 Å². The molecule has 0 aliphatic carbocycles. The third-order valence-corrected chi connectivity index (χ3v) is 3.73. The lowest BCUT2D eigenvalue weighted by Crippen LogP contribution is -2.39. The number of benzene rings is 1. The molecule has 1 amide bonds. The summed E-state index contributed by atoms with van der Waals surface area (Å²) in [6, 6.07) is 7.04. The van der Waals surface area contributed by atoms with Crippen LogP contribution in [0.15, 0.2) is 29.3 Å². The summed E-state index contributed by atoms with van der Waals surface area (Å²) in [6.07, 6.45) is 1.02. The topological polar surface area (TPSA) is 106 Å². The van der Waals surface area contributed by atoms with Gasteiger partial charge < -0.3 is 21.5 Å². The third-order valence-electron chi connectivity index (χ3n) is 3.73. The van der Waals surface area contributed by atoms with E-state index in [-0.39, 0.29) is 0 Å². The van der Waals surface area contributed by atoms with Crippen LogP contribution in [0.2, 0.25) is 0 Å². The number of amides is 1. The summed E-state index contributed by atoms with van der Waals surface area (Å²) in [5.41, 5.74) is 12.5. The Labute approximate surface area is 136 Å². The molecule has 7 nitrogen and oxygen atoms in total. The normalized spacial score (nSPS) is 16.3. The largest absolute Gasteiger partial charge is 0.379 e. The van der Waals surface area contributed by atoms with Crippen LogP contribution < -0.4 is 16.8 Å². The number of hydrogen-bond acceptors (Lipinski definition) is 4. The summed E-state index contributed by atoms with van der Waals surface area (Å²) in [5.74, 6) is 0.00690. The Morgan fingerprint density at radius 3 is 2.57 bits per heavy atom. The van der Waals surface area contributed by atoms with Gasteiger partial charge in [0, 0.05) is 25.2 Å². The Kier molecular flexibility index (Phi) is 6.83. The van der Waals surface area contributed by atoms with E-state index in [4.69, 9.17) is 16.2 Å². The fourth-order valence-corrected chi connectivity index (χ4v) is 2.35. The SMILES string of the molecule is NC(=O)c1ccc(CN=C(N)NCCCN2CCOCC2)cc1. The molecule has 1 heterocycles. The highest BCUT2D eigenvalue weighted by Crippen LogP contribution is 2.05. The molecule has 1 aliphatic rings. The molecule has 0 atom stereocenters. The van der Waals surface area contributed by atoms with Gasteiger partial charge in [-0.2, -0.15) is 0 Å². The highest BCUT2D eigenvalue weighted by atomic mass is 16.5. The van der Waals surface area contributed by atoms with Gasteiger partial charge in [-0.3, -0.25) is 9.69 Å². The van der Waals surface area contributed by atoms with Gasteiger partial charge in [-0.1, -0.05) is 12.1 Å². The monoisotopic (exact) mass is 319 g/mol. The Hall–Kier alpha value is -2.12. The molecule has 0 spiro atoms. The molecule has 1 aliphatic heterocycles. The lowest BCUT2D eigenvalue weighted by atomic mass is 10.1. The van der Waals surface area contributed by atoms with Crippen LogP contribution in [-0.4, -0.2) is 56.2 Å². The minimum absolute atomic E-state index is 0.429. The van der Waals surface area contributed by atoms with Gasteiger partial charge in [0.1, 0.15) is 0 Å². The van der Waals surface area contributed by atoms with Crippen LogP contribution in [0.4, 0.5) is 0 Å². The summed E-state index contributed by atoms with van der Waals surface area (Å²) < 4.78 is 5.32. The quantitative estimate of drug-likeness (QED) is 0.370. The van der Waals surface area contributed by atoms with Gasteiger partial charge >= 0.3 is 0 Å². The maximum atomic E-state index is 11.0. The van der Waals surface area contributed by atoms with Gasteiger partial charge in [0.05, 0.1) is 19.8 Å². The Morgan fingerprint density at radius 2 is 1.91 bits per heavy atom. The van der Waals surface area contributed by atoms with Gasteiger partial charge in [0.15, 0.2) is 5.96 Å².